The highest BCUT2D eigenvalue weighted by Crippen LogP contribution is 2.14. The summed E-state index contributed by atoms with van der Waals surface area (Å²) in [5, 5.41) is 12.9. The first-order chi connectivity index (χ1) is 7.84. The second kappa shape index (κ2) is 5.16. The third kappa shape index (κ3) is 3.72. The largest absolute Gasteiger partial charge is 0.465 e. The van der Waals surface area contributed by atoms with Crippen molar-refractivity contribution >= 4 is 6.09 Å². The average Bonchev–Trinajstić information content (AvgIpc) is 2.63. The molecule has 1 amide bonds. The lowest BCUT2D eigenvalue weighted by molar-refractivity contribution is 0.0996. The van der Waals surface area contributed by atoms with Gasteiger partial charge in [0.15, 0.2) is 5.82 Å². The molecule has 1 N–H and O–H groups in total. The first-order valence-electron chi connectivity index (χ1n) is 5.66. The minimum Gasteiger partial charge on any atom is -0.465 e. The Morgan fingerprint density at radius 1 is 1.47 bits per heavy atom. The Balaban J connectivity index is 2.61. The fourth-order valence-electron chi connectivity index (χ4n) is 1.46. The van der Waals surface area contributed by atoms with Crippen molar-refractivity contribution in [2.75, 3.05) is 6.54 Å². The number of rotatable bonds is 4. The smallest absolute Gasteiger partial charge is 0.407 e. The first-order valence-corrected chi connectivity index (χ1v) is 5.66. The summed E-state index contributed by atoms with van der Waals surface area (Å²) < 4.78 is 5.02. The highest BCUT2D eigenvalue weighted by atomic mass is 16.5. The zero-order valence-corrected chi connectivity index (χ0v) is 10.7. The number of amides is 1. The monoisotopic (exact) mass is 241 g/mol. The number of carbonyl (C=O) groups is 1. The molecule has 0 aliphatic rings. The summed E-state index contributed by atoms with van der Waals surface area (Å²) in [6, 6.07) is 0. The van der Waals surface area contributed by atoms with Crippen molar-refractivity contribution < 1.29 is 14.4 Å². The van der Waals surface area contributed by atoms with E-state index in [1.807, 2.05) is 27.7 Å². The standard InChI is InChI=1S/C11H19N3O3/c1-5-8-12-9(17-13-8)6-7-14(10(15)16)11(2,3)4/h5-7H2,1-4H3,(H,15,16). The van der Waals surface area contributed by atoms with Gasteiger partial charge in [-0.1, -0.05) is 12.1 Å². The van der Waals surface area contributed by atoms with Crippen LogP contribution in [0.4, 0.5) is 4.79 Å². The molecular weight excluding hydrogens is 222 g/mol. The Labute approximate surface area is 101 Å². The van der Waals surface area contributed by atoms with E-state index in [1.54, 1.807) is 0 Å². The van der Waals surface area contributed by atoms with Crippen molar-refractivity contribution in [3.8, 4) is 0 Å². The van der Waals surface area contributed by atoms with Crippen LogP contribution >= 0.6 is 0 Å². The van der Waals surface area contributed by atoms with Crippen molar-refractivity contribution in [3.63, 3.8) is 0 Å². The highest BCUT2D eigenvalue weighted by Gasteiger charge is 2.26. The van der Waals surface area contributed by atoms with Crippen molar-refractivity contribution in [3.05, 3.63) is 11.7 Å². The van der Waals surface area contributed by atoms with Crippen molar-refractivity contribution in [1.29, 1.82) is 0 Å². The Bertz CT molecular complexity index is 382. The lowest BCUT2D eigenvalue weighted by Gasteiger charge is -2.32. The van der Waals surface area contributed by atoms with Gasteiger partial charge in [0.25, 0.3) is 0 Å². The van der Waals surface area contributed by atoms with Crippen LogP contribution in [0.1, 0.15) is 39.4 Å². The maximum atomic E-state index is 11.1. The van der Waals surface area contributed by atoms with Gasteiger partial charge in [0, 0.05) is 24.9 Å². The van der Waals surface area contributed by atoms with E-state index in [1.165, 1.54) is 4.90 Å². The summed E-state index contributed by atoms with van der Waals surface area (Å²) in [4.78, 5) is 16.6. The molecule has 0 unspecified atom stereocenters. The van der Waals surface area contributed by atoms with Crippen LogP contribution in [0.25, 0.3) is 0 Å². The van der Waals surface area contributed by atoms with Crippen molar-refractivity contribution in [2.24, 2.45) is 0 Å². The molecule has 96 valence electrons. The molecule has 1 aromatic heterocycles. The van der Waals surface area contributed by atoms with Crippen LogP contribution in [0.5, 0.6) is 0 Å². The van der Waals surface area contributed by atoms with Crippen LogP contribution in [-0.2, 0) is 12.8 Å². The quantitative estimate of drug-likeness (QED) is 0.871. The Hall–Kier alpha value is -1.59. The molecule has 0 spiro atoms. The van der Waals surface area contributed by atoms with Crippen LogP contribution in [0.2, 0.25) is 0 Å². The third-order valence-corrected chi connectivity index (χ3v) is 2.42. The first kappa shape index (κ1) is 13.5. The number of carboxylic acid groups (broad SMARTS) is 1. The van der Waals surface area contributed by atoms with E-state index in [4.69, 9.17) is 9.63 Å². The second-order valence-corrected chi connectivity index (χ2v) is 4.81. The Morgan fingerprint density at radius 2 is 2.12 bits per heavy atom. The normalized spacial score (nSPS) is 11.5. The lowest BCUT2D eigenvalue weighted by Crippen LogP contribution is -2.45. The topological polar surface area (TPSA) is 79.5 Å². The molecule has 1 rings (SSSR count). The van der Waals surface area contributed by atoms with E-state index in [9.17, 15) is 4.79 Å². The van der Waals surface area contributed by atoms with Gasteiger partial charge in [0.05, 0.1) is 0 Å². The molecule has 0 atom stereocenters. The SMILES string of the molecule is CCc1noc(CCN(C(=O)O)C(C)(C)C)n1. The van der Waals surface area contributed by atoms with E-state index in [0.29, 0.717) is 31.1 Å². The predicted molar refractivity (Wildman–Crippen MR) is 61.9 cm³/mol. The van der Waals surface area contributed by atoms with E-state index in [2.05, 4.69) is 10.1 Å². The van der Waals surface area contributed by atoms with E-state index < -0.39 is 11.6 Å². The minimum absolute atomic E-state index is 0.351. The minimum atomic E-state index is -0.937. The summed E-state index contributed by atoms with van der Waals surface area (Å²) in [7, 11) is 0. The number of hydrogen-bond acceptors (Lipinski definition) is 4. The molecule has 6 heteroatoms. The molecule has 0 bridgehead atoms. The summed E-state index contributed by atoms with van der Waals surface area (Å²) in [5.41, 5.74) is -0.431. The molecular formula is C11H19N3O3. The van der Waals surface area contributed by atoms with Crippen LogP contribution in [0, 0.1) is 0 Å². The molecule has 0 fully saturated rings. The van der Waals surface area contributed by atoms with Gasteiger partial charge in [-0.05, 0) is 20.8 Å². The van der Waals surface area contributed by atoms with Gasteiger partial charge in [0.1, 0.15) is 0 Å². The average molecular weight is 241 g/mol. The lowest BCUT2D eigenvalue weighted by atomic mass is 10.1. The highest BCUT2D eigenvalue weighted by molar-refractivity contribution is 5.65. The van der Waals surface area contributed by atoms with Crippen molar-refractivity contribution in [1.82, 2.24) is 15.0 Å². The molecule has 6 nitrogen and oxygen atoms in total. The zero-order valence-electron chi connectivity index (χ0n) is 10.7. The molecule has 0 saturated heterocycles. The summed E-state index contributed by atoms with van der Waals surface area (Å²) in [6.07, 6.45) is 0.217. The number of hydrogen-bond donors (Lipinski definition) is 1. The molecule has 0 aliphatic heterocycles. The van der Waals surface area contributed by atoms with E-state index in [0.717, 1.165) is 0 Å². The van der Waals surface area contributed by atoms with Crippen molar-refractivity contribution in [2.45, 2.75) is 46.1 Å². The fraction of sp³-hybridized carbons (Fsp3) is 0.727. The number of nitrogens with zero attached hydrogens (tertiary/aromatic N) is 3. The third-order valence-electron chi connectivity index (χ3n) is 2.42. The predicted octanol–water partition coefficient (Wildman–Crippen LogP) is 1.95. The zero-order chi connectivity index (χ0) is 13.1. The van der Waals surface area contributed by atoms with Crippen LogP contribution in [0.3, 0.4) is 0 Å². The van der Waals surface area contributed by atoms with Gasteiger partial charge in [-0.3, -0.25) is 0 Å². The van der Waals surface area contributed by atoms with Gasteiger partial charge in [-0.15, -0.1) is 0 Å². The second-order valence-electron chi connectivity index (χ2n) is 4.81. The van der Waals surface area contributed by atoms with E-state index >= 15 is 0 Å². The van der Waals surface area contributed by atoms with Gasteiger partial charge < -0.3 is 14.5 Å². The summed E-state index contributed by atoms with van der Waals surface area (Å²) in [6.45, 7) is 7.85. The van der Waals surface area contributed by atoms with Crippen LogP contribution in [0.15, 0.2) is 4.52 Å². The van der Waals surface area contributed by atoms with Gasteiger partial charge in [-0.2, -0.15) is 4.98 Å². The van der Waals surface area contributed by atoms with Gasteiger partial charge in [-0.25, -0.2) is 4.79 Å². The van der Waals surface area contributed by atoms with Gasteiger partial charge in [0.2, 0.25) is 5.89 Å². The molecule has 1 heterocycles. The molecule has 0 radical (unpaired) electrons. The number of aryl methyl sites for hydroxylation is 1. The van der Waals surface area contributed by atoms with Crippen LogP contribution in [-0.4, -0.2) is 38.3 Å². The molecule has 17 heavy (non-hydrogen) atoms. The molecule has 0 aromatic carbocycles. The Morgan fingerprint density at radius 3 is 2.53 bits per heavy atom. The Kier molecular flexibility index (Phi) is 4.09. The molecule has 1 aromatic rings. The van der Waals surface area contributed by atoms with E-state index in [-0.39, 0.29) is 0 Å². The fourth-order valence-corrected chi connectivity index (χ4v) is 1.46. The number of aromatic nitrogens is 2. The summed E-state index contributed by atoms with van der Waals surface area (Å²) in [5.74, 6) is 1.13. The summed E-state index contributed by atoms with van der Waals surface area (Å²) >= 11 is 0. The van der Waals surface area contributed by atoms with Crippen LogP contribution < -0.4 is 0 Å². The van der Waals surface area contributed by atoms with Gasteiger partial charge >= 0.3 is 6.09 Å². The maximum Gasteiger partial charge on any atom is 0.407 e. The maximum absolute atomic E-state index is 11.1. The molecule has 0 saturated carbocycles. The molecule has 0 aliphatic carbocycles.